The van der Waals surface area contributed by atoms with Crippen molar-refractivity contribution < 1.29 is 18.8 Å². The molecule has 1 aromatic carbocycles. The van der Waals surface area contributed by atoms with Gasteiger partial charge in [-0.2, -0.15) is 5.10 Å². The average Bonchev–Trinajstić information content (AvgIpc) is 2.41. The van der Waals surface area contributed by atoms with Gasteiger partial charge in [-0.15, -0.1) is 0 Å². The SMILES string of the molecule is Cn1nc(C(=O)Oc2cc(F)ccc2[N+](=O)[O-])ccc1=O. The van der Waals surface area contributed by atoms with Crippen LogP contribution in [0.1, 0.15) is 10.5 Å². The van der Waals surface area contributed by atoms with Crippen molar-refractivity contribution in [3.05, 3.63) is 62.3 Å². The maximum absolute atomic E-state index is 13.1. The molecule has 0 spiro atoms. The molecule has 2 aromatic rings. The Bertz CT molecular complexity index is 787. The molecule has 108 valence electrons. The van der Waals surface area contributed by atoms with Gasteiger partial charge in [-0.1, -0.05) is 0 Å². The van der Waals surface area contributed by atoms with E-state index < -0.39 is 33.7 Å². The summed E-state index contributed by atoms with van der Waals surface area (Å²) < 4.78 is 18.8. The van der Waals surface area contributed by atoms with Crippen molar-refractivity contribution in [3.63, 3.8) is 0 Å². The Balaban J connectivity index is 2.35. The summed E-state index contributed by atoms with van der Waals surface area (Å²) in [6, 6.07) is 4.67. The van der Waals surface area contributed by atoms with Crippen molar-refractivity contribution in [2.75, 3.05) is 0 Å². The van der Waals surface area contributed by atoms with E-state index in [1.165, 1.54) is 7.05 Å². The van der Waals surface area contributed by atoms with Crippen molar-refractivity contribution in [1.29, 1.82) is 0 Å². The number of hydrogen-bond donors (Lipinski definition) is 0. The summed E-state index contributed by atoms with van der Waals surface area (Å²) in [4.78, 5) is 32.9. The van der Waals surface area contributed by atoms with E-state index in [0.717, 1.165) is 35.0 Å². The summed E-state index contributed by atoms with van der Waals surface area (Å²) in [7, 11) is 1.32. The molecule has 0 saturated carbocycles. The number of carbonyl (C=O) groups excluding carboxylic acids is 1. The van der Waals surface area contributed by atoms with Crippen molar-refractivity contribution in [1.82, 2.24) is 9.78 Å². The number of halogens is 1. The third-order valence-corrected chi connectivity index (χ3v) is 2.49. The highest BCUT2D eigenvalue weighted by atomic mass is 19.1. The molecule has 0 unspecified atom stereocenters. The summed E-state index contributed by atoms with van der Waals surface area (Å²) in [6.07, 6.45) is 0. The van der Waals surface area contributed by atoms with Crippen LogP contribution in [0, 0.1) is 15.9 Å². The second-order valence-corrected chi connectivity index (χ2v) is 3.94. The predicted molar refractivity (Wildman–Crippen MR) is 67.5 cm³/mol. The second-order valence-electron chi connectivity index (χ2n) is 3.94. The van der Waals surface area contributed by atoms with E-state index in [1.54, 1.807) is 0 Å². The summed E-state index contributed by atoms with van der Waals surface area (Å²) >= 11 is 0. The molecular weight excluding hydrogens is 285 g/mol. The van der Waals surface area contributed by atoms with E-state index in [4.69, 9.17) is 4.74 Å². The molecule has 2 rings (SSSR count). The molecule has 21 heavy (non-hydrogen) atoms. The molecule has 0 amide bonds. The van der Waals surface area contributed by atoms with Gasteiger partial charge in [-0.05, 0) is 12.1 Å². The first-order chi connectivity index (χ1) is 9.88. The van der Waals surface area contributed by atoms with Crippen LogP contribution in [0.2, 0.25) is 0 Å². The molecule has 9 heteroatoms. The third-order valence-electron chi connectivity index (χ3n) is 2.49. The third kappa shape index (κ3) is 3.08. The number of nitro groups is 1. The molecule has 1 aromatic heterocycles. The van der Waals surface area contributed by atoms with Gasteiger partial charge in [0.05, 0.1) is 4.92 Å². The fourth-order valence-corrected chi connectivity index (χ4v) is 1.48. The van der Waals surface area contributed by atoms with Crippen LogP contribution in [0.5, 0.6) is 5.75 Å². The largest absolute Gasteiger partial charge is 0.414 e. The fraction of sp³-hybridized carbons (Fsp3) is 0.0833. The molecule has 0 saturated heterocycles. The minimum absolute atomic E-state index is 0.240. The summed E-state index contributed by atoms with van der Waals surface area (Å²) in [5.74, 6) is -2.38. The molecule has 0 atom stereocenters. The molecule has 0 bridgehead atoms. The Labute approximate surface area is 116 Å². The number of nitrogens with zero attached hydrogens (tertiary/aromatic N) is 3. The molecular formula is C12H8FN3O5. The number of esters is 1. The van der Waals surface area contributed by atoms with Crippen LogP contribution >= 0.6 is 0 Å². The Morgan fingerprint density at radius 2 is 2.10 bits per heavy atom. The highest BCUT2D eigenvalue weighted by Gasteiger charge is 2.20. The molecule has 1 heterocycles. The molecule has 0 N–H and O–H groups in total. The first-order valence-corrected chi connectivity index (χ1v) is 5.59. The van der Waals surface area contributed by atoms with E-state index in [1.807, 2.05) is 0 Å². The topological polar surface area (TPSA) is 104 Å². The van der Waals surface area contributed by atoms with Crippen LogP contribution in [0.25, 0.3) is 0 Å². The predicted octanol–water partition coefficient (Wildman–Crippen LogP) is 1.05. The molecule has 0 aliphatic rings. The highest BCUT2D eigenvalue weighted by Crippen LogP contribution is 2.27. The zero-order chi connectivity index (χ0) is 15.6. The van der Waals surface area contributed by atoms with Crippen LogP contribution in [-0.4, -0.2) is 20.7 Å². The van der Waals surface area contributed by atoms with Crippen molar-refractivity contribution in [2.24, 2.45) is 7.05 Å². The lowest BCUT2D eigenvalue weighted by Crippen LogP contribution is -2.22. The van der Waals surface area contributed by atoms with Crippen molar-refractivity contribution in [2.45, 2.75) is 0 Å². The lowest BCUT2D eigenvalue weighted by Gasteiger charge is -2.05. The summed E-state index contributed by atoms with van der Waals surface area (Å²) in [5.41, 5.74) is -1.24. The van der Waals surface area contributed by atoms with Crippen LogP contribution in [0.3, 0.4) is 0 Å². The molecule has 0 radical (unpaired) electrons. The fourth-order valence-electron chi connectivity index (χ4n) is 1.48. The first-order valence-electron chi connectivity index (χ1n) is 5.59. The van der Waals surface area contributed by atoms with Gasteiger partial charge >= 0.3 is 11.7 Å². The smallest absolute Gasteiger partial charge is 0.364 e. The number of benzene rings is 1. The van der Waals surface area contributed by atoms with Gasteiger partial charge in [0.25, 0.3) is 5.56 Å². The quantitative estimate of drug-likeness (QED) is 0.362. The Morgan fingerprint density at radius 1 is 1.38 bits per heavy atom. The van der Waals surface area contributed by atoms with Gasteiger partial charge < -0.3 is 4.74 Å². The molecule has 0 fully saturated rings. The number of nitro benzene ring substituents is 1. The zero-order valence-electron chi connectivity index (χ0n) is 10.6. The van der Waals surface area contributed by atoms with Crippen molar-refractivity contribution in [3.8, 4) is 5.75 Å². The van der Waals surface area contributed by atoms with Crippen molar-refractivity contribution >= 4 is 11.7 Å². The number of aromatic nitrogens is 2. The monoisotopic (exact) mass is 293 g/mol. The number of hydrogen-bond acceptors (Lipinski definition) is 6. The van der Waals surface area contributed by atoms with E-state index in [2.05, 4.69) is 5.10 Å². The lowest BCUT2D eigenvalue weighted by atomic mass is 10.3. The number of carbonyl (C=O) groups is 1. The number of aryl methyl sites for hydroxylation is 1. The lowest BCUT2D eigenvalue weighted by molar-refractivity contribution is -0.385. The maximum Gasteiger partial charge on any atom is 0.364 e. The van der Waals surface area contributed by atoms with E-state index >= 15 is 0 Å². The van der Waals surface area contributed by atoms with E-state index in [-0.39, 0.29) is 5.69 Å². The minimum Gasteiger partial charge on any atom is -0.414 e. The molecule has 0 aliphatic carbocycles. The Morgan fingerprint density at radius 3 is 2.71 bits per heavy atom. The van der Waals surface area contributed by atoms with Gasteiger partial charge in [0.15, 0.2) is 5.69 Å². The summed E-state index contributed by atoms with van der Waals surface area (Å²) in [5, 5.41) is 14.4. The molecule has 0 aliphatic heterocycles. The van der Waals surface area contributed by atoms with Crippen LogP contribution in [0.15, 0.2) is 35.1 Å². The standard InChI is InChI=1S/C12H8FN3O5/c1-15-11(17)5-3-8(14-15)12(18)21-10-6-7(13)2-4-9(10)16(19)20/h2-6H,1H3. The molecule has 8 nitrogen and oxygen atoms in total. The van der Waals surface area contributed by atoms with E-state index in [0.29, 0.717) is 0 Å². The number of ether oxygens (including phenoxy) is 1. The zero-order valence-corrected chi connectivity index (χ0v) is 10.6. The second kappa shape index (κ2) is 5.49. The highest BCUT2D eigenvalue weighted by molar-refractivity contribution is 5.89. The normalized spacial score (nSPS) is 10.2. The average molecular weight is 293 g/mol. The first kappa shape index (κ1) is 14.3. The Kier molecular flexibility index (Phi) is 3.74. The van der Waals surface area contributed by atoms with Gasteiger partial charge in [-0.3, -0.25) is 14.9 Å². The minimum atomic E-state index is -1.04. The van der Waals surface area contributed by atoms with Gasteiger partial charge in [0, 0.05) is 25.2 Å². The number of rotatable bonds is 3. The van der Waals surface area contributed by atoms with Crippen LogP contribution in [0.4, 0.5) is 10.1 Å². The van der Waals surface area contributed by atoms with Gasteiger partial charge in [0.2, 0.25) is 5.75 Å². The maximum atomic E-state index is 13.1. The van der Waals surface area contributed by atoms with Gasteiger partial charge in [0.1, 0.15) is 5.82 Å². The van der Waals surface area contributed by atoms with Gasteiger partial charge in [-0.25, -0.2) is 13.9 Å². The van der Waals surface area contributed by atoms with Crippen LogP contribution in [-0.2, 0) is 7.05 Å². The van der Waals surface area contributed by atoms with Crippen LogP contribution < -0.4 is 10.3 Å². The summed E-state index contributed by atoms with van der Waals surface area (Å²) in [6.45, 7) is 0. The van der Waals surface area contributed by atoms with E-state index in [9.17, 15) is 24.1 Å². The Hall–Kier alpha value is -3.10.